The molecule has 34 heavy (non-hydrogen) atoms. The summed E-state index contributed by atoms with van der Waals surface area (Å²) >= 11 is 5.98. The molecule has 0 aromatic heterocycles. The fourth-order valence-corrected chi connectivity index (χ4v) is 5.58. The average molecular weight is 506 g/mol. The Morgan fingerprint density at radius 2 is 1.68 bits per heavy atom. The minimum Gasteiger partial charge on any atom is -0.497 e. The lowest BCUT2D eigenvalue weighted by atomic mass is 9.72. The number of anilines is 1. The standard InChI is InChI=1S/C25H32ClN3O4S/c1-25(2,3)18-5-9-20(10-6-18)27-28-24(30)17-29(21-11-7-19(26)8-12-21)34(31,32)23-15-13-22(33-4)14-16-23/h7-8,11-16,18H,5-6,9-10,17H2,1-4H3,(H,28,30). The van der Waals surface area contributed by atoms with Crippen LogP contribution in [0.25, 0.3) is 0 Å². The van der Waals surface area contributed by atoms with Gasteiger partial charge in [0, 0.05) is 10.7 Å². The number of halogens is 1. The maximum atomic E-state index is 13.4. The van der Waals surface area contributed by atoms with Crippen molar-refractivity contribution in [3.8, 4) is 5.75 Å². The van der Waals surface area contributed by atoms with E-state index < -0.39 is 22.5 Å². The van der Waals surface area contributed by atoms with Gasteiger partial charge in [0.15, 0.2) is 0 Å². The number of carbonyl (C=O) groups is 1. The van der Waals surface area contributed by atoms with Gasteiger partial charge in [-0.05, 0) is 85.5 Å². The zero-order chi connectivity index (χ0) is 24.9. The van der Waals surface area contributed by atoms with Crippen LogP contribution in [-0.2, 0) is 14.8 Å². The summed E-state index contributed by atoms with van der Waals surface area (Å²) in [5, 5.41) is 4.76. The topological polar surface area (TPSA) is 88.1 Å². The van der Waals surface area contributed by atoms with Gasteiger partial charge in [0.1, 0.15) is 12.3 Å². The Kier molecular flexibility index (Phi) is 8.25. The van der Waals surface area contributed by atoms with E-state index in [0.29, 0.717) is 22.4 Å². The number of hydrazone groups is 1. The first kappa shape index (κ1) is 26.0. The van der Waals surface area contributed by atoms with Crippen molar-refractivity contribution in [3.05, 3.63) is 53.6 Å². The fourth-order valence-electron chi connectivity index (χ4n) is 4.03. The van der Waals surface area contributed by atoms with Crippen molar-refractivity contribution in [2.24, 2.45) is 16.4 Å². The van der Waals surface area contributed by atoms with Crippen LogP contribution < -0.4 is 14.5 Å². The number of hydrogen-bond acceptors (Lipinski definition) is 5. The molecule has 2 aromatic carbocycles. The lowest BCUT2D eigenvalue weighted by molar-refractivity contribution is -0.119. The first-order valence-electron chi connectivity index (χ1n) is 11.3. The number of nitrogens with one attached hydrogen (secondary N) is 1. The summed E-state index contributed by atoms with van der Waals surface area (Å²) in [6.07, 6.45) is 3.71. The highest BCUT2D eigenvalue weighted by Gasteiger charge is 2.29. The second-order valence-electron chi connectivity index (χ2n) is 9.52. The number of rotatable bonds is 7. The van der Waals surface area contributed by atoms with Crippen molar-refractivity contribution >= 4 is 38.9 Å². The molecule has 0 unspecified atom stereocenters. The summed E-state index contributed by atoms with van der Waals surface area (Å²) < 4.78 is 33.0. The van der Waals surface area contributed by atoms with Crippen molar-refractivity contribution < 1.29 is 17.9 Å². The van der Waals surface area contributed by atoms with Crippen molar-refractivity contribution in [1.82, 2.24) is 5.43 Å². The summed E-state index contributed by atoms with van der Waals surface area (Å²) in [7, 11) is -2.52. The molecule has 0 saturated heterocycles. The summed E-state index contributed by atoms with van der Waals surface area (Å²) in [6.45, 7) is 6.32. The summed E-state index contributed by atoms with van der Waals surface area (Å²) in [4.78, 5) is 12.8. The molecule has 0 radical (unpaired) electrons. The second kappa shape index (κ2) is 10.8. The number of carbonyl (C=O) groups excluding carboxylic acids is 1. The van der Waals surface area contributed by atoms with Crippen LogP contribution in [0.3, 0.4) is 0 Å². The van der Waals surface area contributed by atoms with E-state index in [4.69, 9.17) is 16.3 Å². The molecule has 2 aromatic rings. The normalized spacial score (nSPS) is 16.6. The highest BCUT2D eigenvalue weighted by Crippen LogP contribution is 2.36. The van der Waals surface area contributed by atoms with E-state index in [0.717, 1.165) is 35.7 Å². The van der Waals surface area contributed by atoms with Crippen LogP contribution in [-0.4, -0.2) is 33.7 Å². The number of nitrogens with zero attached hydrogens (tertiary/aromatic N) is 2. The van der Waals surface area contributed by atoms with Crippen LogP contribution in [0.15, 0.2) is 58.5 Å². The van der Waals surface area contributed by atoms with Crippen LogP contribution in [0.1, 0.15) is 46.5 Å². The summed E-state index contributed by atoms with van der Waals surface area (Å²) in [5.74, 6) is 0.640. The lowest BCUT2D eigenvalue weighted by Crippen LogP contribution is -2.40. The first-order chi connectivity index (χ1) is 16.0. The van der Waals surface area contributed by atoms with E-state index >= 15 is 0 Å². The Morgan fingerprint density at radius 3 is 2.21 bits per heavy atom. The van der Waals surface area contributed by atoms with Crippen LogP contribution in [0.5, 0.6) is 5.75 Å². The third kappa shape index (κ3) is 6.51. The van der Waals surface area contributed by atoms with Crippen molar-refractivity contribution in [2.75, 3.05) is 18.0 Å². The van der Waals surface area contributed by atoms with Gasteiger partial charge >= 0.3 is 0 Å². The first-order valence-corrected chi connectivity index (χ1v) is 13.1. The molecule has 1 amide bonds. The number of sulfonamides is 1. The quantitative estimate of drug-likeness (QED) is 0.520. The Bertz CT molecular complexity index is 1110. The Hall–Kier alpha value is -2.58. The van der Waals surface area contributed by atoms with E-state index in [9.17, 15) is 13.2 Å². The van der Waals surface area contributed by atoms with E-state index in [2.05, 4.69) is 31.3 Å². The number of hydrogen-bond donors (Lipinski definition) is 1. The molecule has 184 valence electrons. The minimum absolute atomic E-state index is 0.0443. The zero-order valence-corrected chi connectivity index (χ0v) is 21.6. The molecule has 1 aliphatic carbocycles. The SMILES string of the molecule is COc1ccc(S(=O)(=O)N(CC(=O)NN=C2CCC(C(C)(C)C)CC2)c2ccc(Cl)cc2)cc1. The number of benzene rings is 2. The molecule has 1 saturated carbocycles. The van der Waals surface area contributed by atoms with Gasteiger partial charge in [0.2, 0.25) is 0 Å². The lowest BCUT2D eigenvalue weighted by Gasteiger charge is -2.34. The maximum absolute atomic E-state index is 13.4. The van der Waals surface area contributed by atoms with Gasteiger partial charge in [-0.2, -0.15) is 5.10 Å². The van der Waals surface area contributed by atoms with Crippen molar-refractivity contribution in [3.63, 3.8) is 0 Å². The predicted molar refractivity (Wildman–Crippen MR) is 136 cm³/mol. The number of ether oxygens (including phenoxy) is 1. The second-order valence-corrected chi connectivity index (χ2v) is 11.8. The zero-order valence-electron chi connectivity index (χ0n) is 20.0. The predicted octanol–water partition coefficient (Wildman–Crippen LogP) is 5.25. The fraction of sp³-hybridized carbons (Fsp3) is 0.440. The van der Waals surface area contributed by atoms with Crippen LogP contribution >= 0.6 is 11.6 Å². The Balaban J connectivity index is 1.77. The van der Waals surface area contributed by atoms with E-state index in [-0.39, 0.29) is 10.3 Å². The minimum atomic E-state index is -4.03. The highest BCUT2D eigenvalue weighted by atomic mass is 35.5. The summed E-state index contributed by atoms with van der Waals surface area (Å²) in [6, 6.07) is 12.3. The molecule has 3 rings (SSSR count). The third-order valence-corrected chi connectivity index (χ3v) is 8.22. The molecule has 0 heterocycles. The molecule has 0 atom stereocenters. The molecule has 1 aliphatic rings. The molecule has 0 spiro atoms. The van der Waals surface area contributed by atoms with Crippen LogP contribution in [0.2, 0.25) is 5.02 Å². The number of methoxy groups -OCH3 is 1. The summed E-state index contributed by atoms with van der Waals surface area (Å²) in [5.41, 5.74) is 4.07. The Morgan fingerprint density at radius 1 is 1.09 bits per heavy atom. The largest absolute Gasteiger partial charge is 0.497 e. The third-order valence-electron chi connectivity index (χ3n) is 6.18. The van der Waals surface area contributed by atoms with Gasteiger partial charge in [0.05, 0.1) is 17.7 Å². The van der Waals surface area contributed by atoms with Crippen LogP contribution in [0.4, 0.5) is 5.69 Å². The van der Waals surface area contributed by atoms with Gasteiger partial charge in [-0.1, -0.05) is 32.4 Å². The molecular formula is C25H32ClN3O4S. The molecule has 0 aliphatic heterocycles. The molecule has 9 heteroatoms. The average Bonchev–Trinajstić information content (AvgIpc) is 2.81. The molecule has 1 N–H and O–H groups in total. The molecule has 1 fully saturated rings. The van der Waals surface area contributed by atoms with Crippen molar-refractivity contribution in [1.29, 1.82) is 0 Å². The van der Waals surface area contributed by atoms with Gasteiger partial charge in [-0.3, -0.25) is 9.10 Å². The van der Waals surface area contributed by atoms with Gasteiger partial charge in [0.25, 0.3) is 15.9 Å². The highest BCUT2D eigenvalue weighted by molar-refractivity contribution is 7.92. The van der Waals surface area contributed by atoms with E-state index in [1.807, 2.05) is 0 Å². The molecular weight excluding hydrogens is 474 g/mol. The van der Waals surface area contributed by atoms with Gasteiger partial charge < -0.3 is 4.74 Å². The maximum Gasteiger partial charge on any atom is 0.264 e. The Labute approximate surface area is 207 Å². The molecule has 7 nitrogen and oxygen atoms in total. The molecule has 0 bridgehead atoms. The van der Waals surface area contributed by atoms with Gasteiger partial charge in [-0.25, -0.2) is 13.8 Å². The van der Waals surface area contributed by atoms with E-state index in [1.165, 1.54) is 19.2 Å². The van der Waals surface area contributed by atoms with E-state index in [1.54, 1.807) is 36.4 Å². The van der Waals surface area contributed by atoms with Crippen molar-refractivity contribution in [2.45, 2.75) is 51.3 Å². The van der Waals surface area contributed by atoms with Gasteiger partial charge in [-0.15, -0.1) is 0 Å². The monoisotopic (exact) mass is 505 g/mol. The number of amides is 1. The van der Waals surface area contributed by atoms with Crippen LogP contribution in [0, 0.1) is 11.3 Å². The smallest absolute Gasteiger partial charge is 0.264 e.